The average Bonchev–Trinajstić information content (AvgIpc) is 2.53. The highest BCUT2D eigenvalue weighted by Crippen LogP contribution is 2.39. The summed E-state index contributed by atoms with van der Waals surface area (Å²) in [5.41, 5.74) is 6.78. The number of benzene rings is 1. The van der Waals surface area contributed by atoms with Crippen molar-refractivity contribution >= 4 is 18.1 Å². The number of methoxy groups -OCH3 is 2. The third-order valence-electron chi connectivity index (χ3n) is 3.98. The van der Waals surface area contributed by atoms with Crippen LogP contribution in [-0.2, 0) is 0 Å². The number of hydrogen-bond donors (Lipinski definition) is 2. The molecule has 1 aliphatic heterocycles. The number of ether oxygens (including phenoxy) is 2. The molecule has 0 spiro atoms. The molecule has 7 nitrogen and oxygen atoms in total. The molecule has 8 heteroatoms. The normalized spacial score (nSPS) is 16.5. The van der Waals surface area contributed by atoms with Gasteiger partial charge in [-0.1, -0.05) is 0 Å². The molecule has 1 heterocycles. The third kappa shape index (κ3) is 3.79. The Kier molecular flexibility index (Phi) is 6.86. The highest BCUT2D eigenvalue weighted by molar-refractivity contribution is 5.85. The average molecular weight is 332 g/mol. The Morgan fingerprint density at radius 3 is 2.32 bits per heavy atom. The van der Waals surface area contributed by atoms with E-state index in [0.29, 0.717) is 17.1 Å². The molecule has 0 aliphatic carbocycles. The zero-order valence-corrected chi connectivity index (χ0v) is 13.5. The van der Waals surface area contributed by atoms with Crippen molar-refractivity contribution in [2.75, 3.05) is 27.3 Å². The summed E-state index contributed by atoms with van der Waals surface area (Å²) < 4.78 is 10.4. The molecule has 1 saturated heterocycles. The van der Waals surface area contributed by atoms with Gasteiger partial charge in [0.1, 0.15) is 0 Å². The lowest BCUT2D eigenvalue weighted by molar-refractivity contribution is -0.385. The van der Waals surface area contributed by atoms with Crippen LogP contribution in [0.25, 0.3) is 0 Å². The van der Waals surface area contributed by atoms with Gasteiger partial charge < -0.3 is 20.5 Å². The fourth-order valence-corrected chi connectivity index (χ4v) is 2.77. The monoisotopic (exact) mass is 331 g/mol. The number of nitrogens with two attached hydrogens (primary N) is 1. The molecule has 0 unspecified atom stereocenters. The molecule has 0 radical (unpaired) electrons. The first-order chi connectivity index (χ1) is 10.1. The first kappa shape index (κ1) is 18.5. The van der Waals surface area contributed by atoms with E-state index in [9.17, 15) is 10.1 Å². The van der Waals surface area contributed by atoms with Crippen molar-refractivity contribution in [3.63, 3.8) is 0 Å². The van der Waals surface area contributed by atoms with Crippen LogP contribution >= 0.6 is 12.4 Å². The van der Waals surface area contributed by atoms with Crippen LogP contribution in [0.3, 0.4) is 0 Å². The highest BCUT2D eigenvalue weighted by atomic mass is 35.5. The second kappa shape index (κ2) is 8.17. The van der Waals surface area contributed by atoms with Crippen LogP contribution in [-0.4, -0.2) is 32.2 Å². The van der Waals surface area contributed by atoms with Crippen LogP contribution in [0.2, 0.25) is 0 Å². The molecule has 1 atom stereocenters. The van der Waals surface area contributed by atoms with Crippen LogP contribution in [0.5, 0.6) is 11.5 Å². The minimum atomic E-state index is -0.418. The smallest absolute Gasteiger partial charge is 0.278 e. The molecule has 124 valence electrons. The number of hydrogen-bond acceptors (Lipinski definition) is 6. The van der Waals surface area contributed by atoms with E-state index in [1.54, 1.807) is 6.07 Å². The molecule has 2 rings (SSSR count). The van der Waals surface area contributed by atoms with E-state index in [-0.39, 0.29) is 30.1 Å². The molecule has 0 saturated carbocycles. The summed E-state index contributed by atoms with van der Waals surface area (Å²) >= 11 is 0. The molecule has 0 aromatic heterocycles. The van der Waals surface area contributed by atoms with Crippen molar-refractivity contribution in [1.82, 2.24) is 5.32 Å². The Bertz CT molecular complexity index is 521. The van der Waals surface area contributed by atoms with Crippen LogP contribution in [0.4, 0.5) is 5.69 Å². The maximum absolute atomic E-state index is 11.3. The number of nitro benzene ring substituents is 1. The zero-order chi connectivity index (χ0) is 15.4. The largest absolute Gasteiger partial charge is 0.493 e. The summed E-state index contributed by atoms with van der Waals surface area (Å²) in [6.07, 6.45) is 1.82. The predicted molar refractivity (Wildman–Crippen MR) is 86.0 cm³/mol. The van der Waals surface area contributed by atoms with E-state index in [0.717, 1.165) is 25.9 Å². The lowest BCUT2D eigenvalue weighted by atomic mass is 9.86. The van der Waals surface area contributed by atoms with Gasteiger partial charge in [-0.3, -0.25) is 10.1 Å². The molecule has 1 aliphatic rings. The van der Waals surface area contributed by atoms with Gasteiger partial charge in [-0.25, -0.2) is 0 Å². The quantitative estimate of drug-likeness (QED) is 0.632. The minimum Gasteiger partial charge on any atom is -0.493 e. The van der Waals surface area contributed by atoms with E-state index in [1.165, 1.54) is 20.3 Å². The maximum Gasteiger partial charge on any atom is 0.278 e. The second-order valence-electron chi connectivity index (χ2n) is 5.14. The Hall–Kier alpha value is -1.57. The molecule has 0 bridgehead atoms. The summed E-state index contributed by atoms with van der Waals surface area (Å²) in [6, 6.07) is 2.63. The fourth-order valence-electron chi connectivity index (χ4n) is 2.77. The molecule has 22 heavy (non-hydrogen) atoms. The Balaban J connectivity index is 0.00000242. The number of rotatable bonds is 5. The van der Waals surface area contributed by atoms with Gasteiger partial charge in [0.15, 0.2) is 11.5 Å². The lowest BCUT2D eigenvalue weighted by Crippen LogP contribution is -2.34. The molecule has 1 aromatic carbocycles. The topological polar surface area (TPSA) is 99.7 Å². The standard InChI is InChI=1S/C14H21N3O4.ClH/c1-20-12-7-10(11(17(18)19)8-13(12)21-2)14(15)9-3-5-16-6-4-9;/h7-9,14,16H,3-6,15H2,1-2H3;1H/t14-;/m1./s1. The van der Waals surface area contributed by atoms with Crippen LogP contribution in [0.1, 0.15) is 24.4 Å². The van der Waals surface area contributed by atoms with E-state index in [2.05, 4.69) is 5.32 Å². The van der Waals surface area contributed by atoms with E-state index in [1.807, 2.05) is 0 Å². The van der Waals surface area contributed by atoms with Crippen molar-refractivity contribution in [2.45, 2.75) is 18.9 Å². The van der Waals surface area contributed by atoms with Crippen molar-refractivity contribution in [1.29, 1.82) is 0 Å². The Morgan fingerprint density at radius 2 is 1.82 bits per heavy atom. The molecular formula is C14H22ClN3O4. The molecule has 0 amide bonds. The van der Waals surface area contributed by atoms with Gasteiger partial charge in [0.2, 0.25) is 0 Å². The molecule has 3 N–H and O–H groups in total. The van der Waals surface area contributed by atoms with E-state index < -0.39 is 4.92 Å². The summed E-state index contributed by atoms with van der Waals surface area (Å²) in [4.78, 5) is 10.9. The Morgan fingerprint density at radius 1 is 1.27 bits per heavy atom. The van der Waals surface area contributed by atoms with E-state index >= 15 is 0 Å². The number of piperidine rings is 1. The van der Waals surface area contributed by atoms with Crippen molar-refractivity contribution < 1.29 is 14.4 Å². The van der Waals surface area contributed by atoms with Crippen molar-refractivity contribution in [3.05, 3.63) is 27.8 Å². The first-order valence-corrected chi connectivity index (χ1v) is 6.95. The summed E-state index contributed by atoms with van der Waals surface area (Å²) in [5.74, 6) is 1.02. The third-order valence-corrected chi connectivity index (χ3v) is 3.98. The second-order valence-corrected chi connectivity index (χ2v) is 5.14. The summed E-state index contributed by atoms with van der Waals surface area (Å²) in [7, 11) is 2.96. The fraction of sp³-hybridized carbons (Fsp3) is 0.571. The van der Waals surface area contributed by atoms with Gasteiger partial charge in [-0.2, -0.15) is 0 Å². The number of nitrogens with one attached hydrogen (secondary N) is 1. The van der Waals surface area contributed by atoms with Crippen LogP contribution in [0, 0.1) is 16.0 Å². The lowest BCUT2D eigenvalue weighted by Gasteiger charge is -2.28. The number of halogens is 1. The van der Waals surface area contributed by atoms with Gasteiger partial charge in [-0.05, 0) is 37.9 Å². The van der Waals surface area contributed by atoms with Gasteiger partial charge in [0.25, 0.3) is 5.69 Å². The zero-order valence-electron chi connectivity index (χ0n) is 12.7. The minimum absolute atomic E-state index is 0. The number of nitrogens with zero attached hydrogens (tertiary/aromatic N) is 1. The van der Waals surface area contributed by atoms with Crippen LogP contribution in [0.15, 0.2) is 12.1 Å². The summed E-state index contributed by atoms with van der Waals surface area (Å²) in [5, 5.41) is 14.6. The predicted octanol–water partition coefficient (Wildman–Crippen LogP) is 2.03. The van der Waals surface area contributed by atoms with Gasteiger partial charge in [0, 0.05) is 6.04 Å². The van der Waals surface area contributed by atoms with E-state index in [4.69, 9.17) is 15.2 Å². The maximum atomic E-state index is 11.3. The molecule has 1 fully saturated rings. The number of nitro groups is 1. The summed E-state index contributed by atoms with van der Waals surface area (Å²) in [6.45, 7) is 1.78. The molecular weight excluding hydrogens is 310 g/mol. The van der Waals surface area contributed by atoms with Gasteiger partial charge >= 0.3 is 0 Å². The van der Waals surface area contributed by atoms with Crippen molar-refractivity contribution in [3.8, 4) is 11.5 Å². The van der Waals surface area contributed by atoms with Gasteiger partial charge in [0.05, 0.1) is 30.8 Å². The Labute approximate surface area is 135 Å². The first-order valence-electron chi connectivity index (χ1n) is 6.95. The van der Waals surface area contributed by atoms with Crippen molar-refractivity contribution in [2.24, 2.45) is 11.7 Å². The highest BCUT2D eigenvalue weighted by Gasteiger charge is 2.29. The SMILES string of the molecule is COc1cc([C@H](N)C2CCNCC2)c([N+](=O)[O-])cc1OC.Cl. The van der Waals surface area contributed by atoms with Gasteiger partial charge in [-0.15, -0.1) is 12.4 Å². The van der Waals surface area contributed by atoms with Crippen LogP contribution < -0.4 is 20.5 Å². The molecule has 1 aromatic rings.